The molecule has 0 fully saturated rings. The third kappa shape index (κ3) is 3.73. The zero-order valence-corrected chi connectivity index (χ0v) is 7.47. The fraction of sp³-hybridized carbons (Fsp3) is 0.667. The summed E-state index contributed by atoms with van der Waals surface area (Å²) in [5.41, 5.74) is 0. The average Bonchev–Trinajstić information content (AvgIpc) is 1.87. The van der Waals surface area contributed by atoms with Gasteiger partial charge in [-0.3, -0.25) is 4.31 Å². The van der Waals surface area contributed by atoms with E-state index in [-0.39, 0.29) is 0 Å². The van der Waals surface area contributed by atoms with Crippen molar-refractivity contribution in [2.75, 3.05) is 7.05 Å². The predicted octanol–water partition coefficient (Wildman–Crippen LogP) is 1.55. The van der Waals surface area contributed by atoms with E-state index in [9.17, 15) is 4.79 Å². The highest BCUT2D eigenvalue weighted by atomic mass is 32.2. The Hall–Kier alpha value is -0.890. The van der Waals surface area contributed by atoms with Crippen molar-refractivity contribution in [1.82, 2.24) is 4.31 Å². The number of carbonyl (C=O) groups is 1. The molecule has 5 heteroatoms. The average molecular weight is 174 g/mol. The molecule has 0 spiro atoms. The van der Waals surface area contributed by atoms with Crippen LogP contribution in [-0.2, 0) is 0 Å². The van der Waals surface area contributed by atoms with Gasteiger partial charge in [-0.2, -0.15) is 5.26 Å². The second-order valence-corrected chi connectivity index (χ2v) is 4.24. The highest BCUT2D eigenvalue weighted by molar-refractivity contribution is 7.99. The van der Waals surface area contributed by atoms with E-state index >= 15 is 0 Å². The lowest BCUT2D eigenvalue weighted by molar-refractivity contribution is 0.180. The molecule has 0 saturated heterocycles. The summed E-state index contributed by atoms with van der Waals surface area (Å²) in [4.78, 5) is 10.3. The molecule has 0 heterocycles. The number of nitriles is 1. The van der Waals surface area contributed by atoms with Crippen molar-refractivity contribution in [2.24, 2.45) is 0 Å². The Morgan fingerprint density at radius 2 is 2.18 bits per heavy atom. The third-order valence-corrected chi connectivity index (χ3v) is 1.88. The van der Waals surface area contributed by atoms with Gasteiger partial charge in [-0.1, -0.05) is 0 Å². The summed E-state index contributed by atoms with van der Waals surface area (Å²) in [6.07, 6.45) is -1.04. The second kappa shape index (κ2) is 3.49. The molecule has 0 aliphatic heterocycles. The minimum Gasteiger partial charge on any atom is -0.464 e. The predicted molar refractivity (Wildman–Crippen MR) is 43.1 cm³/mol. The molecule has 0 radical (unpaired) electrons. The van der Waals surface area contributed by atoms with Gasteiger partial charge in [-0.05, 0) is 25.8 Å². The molecule has 11 heavy (non-hydrogen) atoms. The largest absolute Gasteiger partial charge is 0.464 e. The summed E-state index contributed by atoms with van der Waals surface area (Å²) in [6.45, 7) is 3.33. The molecule has 0 aromatic carbocycles. The lowest BCUT2D eigenvalue weighted by Crippen LogP contribution is -2.25. The van der Waals surface area contributed by atoms with Crippen molar-refractivity contribution in [2.45, 2.75) is 18.6 Å². The summed E-state index contributed by atoms with van der Waals surface area (Å²) in [7, 11) is 1.41. The van der Waals surface area contributed by atoms with Crippen LogP contribution >= 0.6 is 11.9 Å². The van der Waals surface area contributed by atoms with Gasteiger partial charge in [-0.15, -0.1) is 0 Å². The Labute approximate surface area is 69.9 Å². The molecule has 4 nitrogen and oxygen atoms in total. The van der Waals surface area contributed by atoms with Crippen molar-refractivity contribution in [1.29, 1.82) is 5.26 Å². The van der Waals surface area contributed by atoms with Gasteiger partial charge in [0.25, 0.3) is 0 Å². The molecule has 0 rings (SSSR count). The number of rotatable bonds is 2. The minimum atomic E-state index is -1.04. The number of hydrogen-bond donors (Lipinski definition) is 1. The normalized spacial score (nSPS) is 10.4. The maximum atomic E-state index is 10.3. The van der Waals surface area contributed by atoms with Crippen LogP contribution < -0.4 is 0 Å². The Kier molecular flexibility index (Phi) is 3.20. The summed E-state index contributed by atoms with van der Waals surface area (Å²) < 4.78 is 0.330. The van der Waals surface area contributed by atoms with Gasteiger partial charge < -0.3 is 5.11 Å². The number of carboxylic acid groups (broad SMARTS) is 1. The van der Waals surface area contributed by atoms with Crippen LogP contribution in [0.5, 0.6) is 0 Å². The van der Waals surface area contributed by atoms with Gasteiger partial charge in [0.15, 0.2) is 0 Å². The zero-order chi connectivity index (χ0) is 9.07. The maximum absolute atomic E-state index is 10.3. The number of hydrogen-bond acceptors (Lipinski definition) is 3. The van der Waals surface area contributed by atoms with E-state index in [0.29, 0.717) is 0 Å². The van der Waals surface area contributed by atoms with Crippen molar-refractivity contribution in [3.05, 3.63) is 0 Å². The monoisotopic (exact) mass is 174 g/mol. The van der Waals surface area contributed by atoms with E-state index in [1.54, 1.807) is 13.8 Å². The third-order valence-electron chi connectivity index (χ3n) is 0.904. The molecule has 1 amide bonds. The van der Waals surface area contributed by atoms with E-state index in [1.807, 2.05) is 6.07 Å². The summed E-state index contributed by atoms with van der Waals surface area (Å²) in [6, 6.07) is 1.99. The van der Waals surface area contributed by atoms with Crippen LogP contribution in [0.2, 0.25) is 0 Å². The Balaban J connectivity index is 4.07. The fourth-order valence-corrected chi connectivity index (χ4v) is 1.21. The Bertz CT molecular complexity index is 197. The first-order chi connectivity index (χ1) is 4.89. The second-order valence-electron chi connectivity index (χ2n) is 2.49. The molecule has 1 N–H and O–H groups in total. The zero-order valence-electron chi connectivity index (χ0n) is 6.66. The highest BCUT2D eigenvalue weighted by Gasteiger charge is 2.22. The molecule has 0 unspecified atom stereocenters. The van der Waals surface area contributed by atoms with Crippen molar-refractivity contribution >= 4 is 18.0 Å². The molecule has 0 aromatic heterocycles. The topological polar surface area (TPSA) is 64.3 Å². The van der Waals surface area contributed by atoms with Gasteiger partial charge in [0.05, 0.1) is 6.07 Å². The molecular weight excluding hydrogens is 164 g/mol. The molecule has 0 aliphatic rings. The maximum Gasteiger partial charge on any atom is 0.417 e. The molecule has 0 atom stereocenters. The van der Waals surface area contributed by atoms with Crippen LogP contribution in [0.25, 0.3) is 0 Å². The smallest absolute Gasteiger partial charge is 0.417 e. The highest BCUT2D eigenvalue weighted by Crippen LogP contribution is 2.25. The molecule has 0 aliphatic carbocycles. The van der Waals surface area contributed by atoms with E-state index in [2.05, 4.69) is 0 Å². The van der Waals surface area contributed by atoms with Crippen molar-refractivity contribution < 1.29 is 9.90 Å². The van der Waals surface area contributed by atoms with Gasteiger partial charge in [0, 0.05) is 7.05 Å². The number of nitrogens with zero attached hydrogens (tertiary/aromatic N) is 2. The SMILES string of the molecule is CN(SC(C)(C)C#N)C(=O)O. The molecular formula is C6H10N2O2S. The van der Waals surface area contributed by atoms with Crippen LogP contribution in [0.4, 0.5) is 4.79 Å². The molecule has 0 saturated carbocycles. The Morgan fingerprint density at radius 3 is 2.45 bits per heavy atom. The van der Waals surface area contributed by atoms with Gasteiger partial charge in [0.2, 0.25) is 0 Å². The minimum absolute atomic E-state index is 0.687. The van der Waals surface area contributed by atoms with E-state index in [0.717, 1.165) is 16.3 Å². The lowest BCUT2D eigenvalue weighted by Gasteiger charge is -2.19. The lowest BCUT2D eigenvalue weighted by atomic mass is 10.2. The van der Waals surface area contributed by atoms with Crippen molar-refractivity contribution in [3.63, 3.8) is 0 Å². The van der Waals surface area contributed by atoms with Gasteiger partial charge >= 0.3 is 6.09 Å². The van der Waals surface area contributed by atoms with Crippen LogP contribution in [-0.4, -0.2) is 27.3 Å². The summed E-state index contributed by atoms with van der Waals surface area (Å²) in [5, 5.41) is 17.0. The standard InChI is InChI=1S/C6H10N2O2S/c1-6(2,4-7)11-8(3)5(9)10/h1-3H3,(H,9,10). The fourth-order valence-electron chi connectivity index (χ4n) is 0.402. The van der Waals surface area contributed by atoms with Crippen molar-refractivity contribution in [3.8, 4) is 6.07 Å². The van der Waals surface area contributed by atoms with Crippen LogP contribution in [0, 0.1) is 11.3 Å². The quantitative estimate of drug-likeness (QED) is 0.645. The van der Waals surface area contributed by atoms with Gasteiger partial charge in [-0.25, -0.2) is 4.79 Å². The van der Waals surface area contributed by atoms with Crippen LogP contribution in [0.3, 0.4) is 0 Å². The van der Waals surface area contributed by atoms with E-state index in [4.69, 9.17) is 10.4 Å². The van der Waals surface area contributed by atoms with Crippen LogP contribution in [0.15, 0.2) is 0 Å². The van der Waals surface area contributed by atoms with E-state index in [1.165, 1.54) is 7.05 Å². The molecule has 0 aromatic rings. The summed E-state index contributed by atoms with van der Waals surface area (Å²) >= 11 is 0.983. The van der Waals surface area contributed by atoms with Gasteiger partial charge in [0.1, 0.15) is 4.75 Å². The Morgan fingerprint density at radius 1 is 1.73 bits per heavy atom. The first-order valence-electron chi connectivity index (χ1n) is 2.96. The number of amides is 1. The molecule has 0 bridgehead atoms. The van der Waals surface area contributed by atoms with E-state index < -0.39 is 10.8 Å². The first kappa shape index (κ1) is 10.1. The first-order valence-corrected chi connectivity index (χ1v) is 3.73. The summed E-state index contributed by atoms with van der Waals surface area (Å²) in [5.74, 6) is 0. The molecule has 62 valence electrons. The van der Waals surface area contributed by atoms with Crippen LogP contribution in [0.1, 0.15) is 13.8 Å².